The Hall–Kier alpha value is -2.77. The SMILES string of the molecule is O=C(O)C(CCOC1CC(CCc2ccc3c(n2)CCCC3)C1)NC(=O)C1(c2ccccc2)CCOCC1. The number of carbonyl (C=O) groups excluding carboxylic acids is 1. The Labute approximate surface area is 225 Å². The van der Waals surface area contributed by atoms with Crippen LogP contribution in [0.15, 0.2) is 42.5 Å². The van der Waals surface area contributed by atoms with Crippen molar-refractivity contribution in [1.29, 1.82) is 0 Å². The molecule has 0 bridgehead atoms. The lowest BCUT2D eigenvalue weighted by Gasteiger charge is -2.37. The third-order valence-electron chi connectivity index (χ3n) is 8.71. The van der Waals surface area contributed by atoms with Gasteiger partial charge in [0.1, 0.15) is 6.04 Å². The lowest BCUT2D eigenvalue weighted by Crippen LogP contribution is -2.53. The second-order valence-corrected chi connectivity index (χ2v) is 11.2. The van der Waals surface area contributed by atoms with Gasteiger partial charge in [0.05, 0.1) is 11.5 Å². The smallest absolute Gasteiger partial charge is 0.326 e. The lowest BCUT2D eigenvalue weighted by molar-refractivity contribution is -0.144. The van der Waals surface area contributed by atoms with E-state index in [9.17, 15) is 14.7 Å². The van der Waals surface area contributed by atoms with E-state index in [-0.39, 0.29) is 18.4 Å². The van der Waals surface area contributed by atoms with E-state index < -0.39 is 17.4 Å². The maximum Gasteiger partial charge on any atom is 0.326 e. The average molecular weight is 521 g/mol. The highest BCUT2D eigenvalue weighted by atomic mass is 16.5. The molecule has 1 aliphatic heterocycles. The molecule has 7 heteroatoms. The van der Waals surface area contributed by atoms with Crippen LogP contribution in [0.1, 0.15) is 73.9 Å². The molecule has 1 aromatic heterocycles. The summed E-state index contributed by atoms with van der Waals surface area (Å²) < 4.78 is 11.5. The molecular weight excluding hydrogens is 480 g/mol. The van der Waals surface area contributed by atoms with E-state index in [1.54, 1.807) is 0 Å². The number of aliphatic carboxylic acids is 1. The van der Waals surface area contributed by atoms with Crippen LogP contribution in [0.5, 0.6) is 0 Å². The fraction of sp³-hybridized carbons (Fsp3) is 0.581. The summed E-state index contributed by atoms with van der Waals surface area (Å²) in [6, 6.07) is 13.1. The Morgan fingerprint density at radius 2 is 1.84 bits per heavy atom. The Morgan fingerprint density at radius 3 is 2.61 bits per heavy atom. The quantitative estimate of drug-likeness (QED) is 0.456. The molecular formula is C31H40N2O5. The van der Waals surface area contributed by atoms with E-state index in [1.165, 1.54) is 36.2 Å². The number of hydrogen-bond acceptors (Lipinski definition) is 5. The molecule has 204 valence electrons. The maximum atomic E-state index is 13.4. The predicted octanol–water partition coefficient (Wildman–Crippen LogP) is 4.40. The molecule has 2 heterocycles. The molecule has 1 amide bonds. The largest absolute Gasteiger partial charge is 0.480 e. The van der Waals surface area contributed by atoms with Gasteiger partial charge >= 0.3 is 5.97 Å². The summed E-state index contributed by atoms with van der Waals surface area (Å²) in [6.07, 6.45) is 10.4. The van der Waals surface area contributed by atoms with Crippen LogP contribution in [-0.2, 0) is 43.7 Å². The summed E-state index contributed by atoms with van der Waals surface area (Å²) in [4.78, 5) is 30.3. The second kappa shape index (κ2) is 12.4. The van der Waals surface area contributed by atoms with Crippen LogP contribution in [0.2, 0.25) is 0 Å². The number of amides is 1. The number of rotatable bonds is 11. The molecule has 2 N–H and O–H groups in total. The molecule has 1 unspecified atom stereocenters. The Morgan fingerprint density at radius 1 is 1.08 bits per heavy atom. The molecule has 5 rings (SSSR count). The van der Waals surface area contributed by atoms with Crippen molar-refractivity contribution in [2.45, 2.75) is 88.2 Å². The number of nitrogens with one attached hydrogen (secondary N) is 1. The molecule has 7 nitrogen and oxygen atoms in total. The Kier molecular flexibility index (Phi) is 8.75. The number of fused-ring (bicyclic) bond motifs is 1. The summed E-state index contributed by atoms with van der Waals surface area (Å²) in [6.45, 7) is 1.28. The summed E-state index contributed by atoms with van der Waals surface area (Å²) in [5, 5.41) is 12.6. The fourth-order valence-electron chi connectivity index (χ4n) is 6.20. The van der Waals surface area contributed by atoms with Crippen LogP contribution in [0.4, 0.5) is 0 Å². The monoisotopic (exact) mass is 520 g/mol. The lowest BCUT2D eigenvalue weighted by atomic mass is 9.73. The minimum absolute atomic E-state index is 0.174. The summed E-state index contributed by atoms with van der Waals surface area (Å²) in [5.74, 6) is -0.632. The number of carbonyl (C=O) groups is 2. The zero-order valence-electron chi connectivity index (χ0n) is 22.2. The third kappa shape index (κ3) is 6.26. The minimum atomic E-state index is -1.03. The minimum Gasteiger partial charge on any atom is -0.480 e. The molecule has 0 radical (unpaired) electrons. The van der Waals surface area contributed by atoms with Crippen molar-refractivity contribution in [2.75, 3.05) is 19.8 Å². The zero-order valence-corrected chi connectivity index (χ0v) is 22.2. The standard InChI is InChI=1S/C31H40N2O5/c34-29(35)28(33-30(36)31(15-18-37-19-16-31)24-7-2-1-3-8-24)14-17-38-26-20-22(21-26)10-12-25-13-11-23-6-4-5-9-27(23)32-25/h1-3,7-8,11,13,22,26,28H,4-6,9-10,12,14-21H2,(H,33,36)(H,34,35). The number of carboxylic acid groups (broad SMARTS) is 1. The van der Waals surface area contributed by atoms with E-state index in [4.69, 9.17) is 14.5 Å². The predicted molar refractivity (Wildman–Crippen MR) is 144 cm³/mol. The van der Waals surface area contributed by atoms with Gasteiger partial charge in [0, 0.05) is 37.6 Å². The van der Waals surface area contributed by atoms with Crippen molar-refractivity contribution >= 4 is 11.9 Å². The number of carboxylic acids is 1. The Balaban J connectivity index is 1.06. The zero-order chi connectivity index (χ0) is 26.4. The summed E-state index contributed by atoms with van der Waals surface area (Å²) in [5.41, 5.74) is 4.08. The topological polar surface area (TPSA) is 97.8 Å². The molecule has 2 aromatic rings. The molecule has 38 heavy (non-hydrogen) atoms. The normalized spacial score (nSPS) is 23.1. The second-order valence-electron chi connectivity index (χ2n) is 11.2. The van der Waals surface area contributed by atoms with E-state index in [0.717, 1.165) is 37.7 Å². The van der Waals surface area contributed by atoms with E-state index in [1.807, 2.05) is 30.3 Å². The fourth-order valence-corrected chi connectivity index (χ4v) is 6.20. The van der Waals surface area contributed by atoms with Crippen molar-refractivity contribution in [3.05, 3.63) is 65.0 Å². The Bertz CT molecular complexity index is 1090. The van der Waals surface area contributed by atoms with Crippen LogP contribution >= 0.6 is 0 Å². The molecule has 0 spiro atoms. The first-order valence-electron chi connectivity index (χ1n) is 14.3. The van der Waals surface area contributed by atoms with E-state index >= 15 is 0 Å². The van der Waals surface area contributed by atoms with Gasteiger partial charge in [0.2, 0.25) is 5.91 Å². The van der Waals surface area contributed by atoms with Crippen molar-refractivity contribution in [2.24, 2.45) is 5.92 Å². The number of pyridine rings is 1. The number of nitrogens with zero attached hydrogens (tertiary/aromatic N) is 1. The number of ether oxygens (including phenoxy) is 2. The van der Waals surface area contributed by atoms with Gasteiger partial charge in [-0.3, -0.25) is 9.78 Å². The van der Waals surface area contributed by atoms with Crippen LogP contribution in [0, 0.1) is 5.92 Å². The van der Waals surface area contributed by atoms with Gasteiger partial charge in [-0.25, -0.2) is 4.79 Å². The highest BCUT2D eigenvalue weighted by Crippen LogP contribution is 2.36. The van der Waals surface area contributed by atoms with Gasteiger partial charge in [-0.05, 0) is 87.3 Å². The van der Waals surface area contributed by atoms with Crippen molar-refractivity contribution in [3.8, 4) is 0 Å². The number of hydrogen-bond donors (Lipinski definition) is 2. The summed E-state index contributed by atoms with van der Waals surface area (Å²) in [7, 11) is 0. The van der Waals surface area contributed by atoms with Gasteiger partial charge in [0.25, 0.3) is 0 Å². The van der Waals surface area contributed by atoms with Gasteiger partial charge in [-0.15, -0.1) is 0 Å². The van der Waals surface area contributed by atoms with Crippen LogP contribution in [-0.4, -0.2) is 53.9 Å². The molecule has 1 saturated heterocycles. The molecule has 2 aliphatic carbocycles. The first-order chi connectivity index (χ1) is 18.5. The summed E-state index contributed by atoms with van der Waals surface area (Å²) >= 11 is 0. The van der Waals surface area contributed by atoms with Gasteiger partial charge < -0.3 is 19.9 Å². The number of aromatic nitrogens is 1. The molecule has 1 saturated carbocycles. The first kappa shape index (κ1) is 26.8. The van der Waals surface area contributed by atoms with Crippen molar-refractivity contribution < 1.29 is 24.2 Å². The van der Waals surface area contributed by atoms with Gasteiger partial charge in [-0.2, -0.15) is 0 Å². The van der Waals surface area contributed by atoms with E-state index in [0.29, 0.717) is 38.6 Å². The maximum absolute atomic E-state index is 13.4. The molecule has 1 atom stereocenters. The molecule has 1 aromatic carbocycles. The molecule has 2 fully saturated rings. The number of aryl methyl sites for hydroxylation is 3. The highest BCUT2D eigenvalue weighted by Gasteiger charge is 2.43. The number of benzene rings is 1. The van der Waals surface area contributed by atoms with Crippen LogP contribution in [0.3, 0.4) is 0 Å². The van der Waals surface area contributed by atoms with Crippen molar-refractivity contribution in [3.63, 3.8) is 0 Å². The third-order valence-corrected chi connectivity index (χ3v) is 8.71. The highest BCUT2D eigenvalue weighted by molar-refractivity contribution is 5.91. The van der Waals surface area contributed by atoms with Crippen molar-refractivity contribution in [1.82, 2.24) is 10.3 Å². The van der Waals surface area contributed by atoms with Gasteiger partial charge in [0.15, 0.2) is 0 Å². The average Bonchev–Trinajstić information content (AvgIpc) is 2.93. The van der Waals surface area contributed by atoms with E-state index in [2.05, 4.69) is 17.4 Å². The molecule has 3 aliphatic rings. The first-order valence-corrected chi connectivity index (χ1v) is 14.3. The van der Waals surface area contributed by atoms with Gasteiger partial charge in [-0.1, -0.05) is 36.4 Å². The van der Waals surface area contributed by atoms with Crippen LogP contribution in [0.25, 0.3) is 0 Å². The van der Waals surface area contributed by atoms with Crippen LogP contribution < -0.4 is 5.32 Å².